The van der Waals surface area contributed by atoms with Gasteiger partial charge in [0, 0.05) is 36.0 Å². The van der Waals surface area contributed by atoms with Crippen molar-refractivity contribution in [3.8, 4) is 17.2 Å². The van der Waals surface area contributed by atoms with Gasteiger partial charge < -0.3 is 39.1 Å². The van der Waals surface area contributed by atoms with Gasteiger partial charge in [-0.1, -0.05) is 26.0 Å². The predicted octanol–water partition coefficient (Wildman–Crippen LogP) is 3.97. The summed E-state index contributed by atoms with van der Waals surface area (Å²) in [7, 11) is 2.95. The largest absolute Gasteiger partial charge is 0.493 e. The van der Waals surface area contributed by atoms with Crippen LogP contribution in [0.25, 0.3) is 11.0 Å². The van der Waals surface area contributed by atoms with Crippen LogP contribution >= 0.6 is 22.6 Å². The first-order valence-corrected chi connectivity index (χ1v) is 15.3. The van der Waals surface area contributed by atoms with E-state index in [0.717, 1.165) is 0 Å². The molecule has 2 amide bonds. The number of benzene rings is 2. The minimum atomic E-state index is -1.26. The number of rotatable bonds is 13. The number of carbonyl (C=O) groups is 3. The van der Waals surface area contributed by atoms with E-state index in [1.165, 1.54) is 31.3 Å². The fourth-order valence-electron chi connectivity index (χ4n) is 5.10. The topological polar surface area (TPSA) is 148 Å². The number of nitrogens with one attached hydrogen (secondary N) is 1. The Kier molecular flexibility index (Phi) is 11.3. The summed E-state index contributed by atoms with van der Waals surface area (Å²) in [6.07, 6.45) is 0.538. The van der Waals surface area contributed by atoms with E-state index >= 15 is 0 Å². The first kappa shape index (κ1) is 33.3. The highest BCUT2D eigenvalue weighted by Crippen LogP contribution is 2.37. The maximum absolute atomic E-state index is 14.1. The maximum Gasteiger partial charge on any atom is 0.289 e. The quantitative estimate of drug-likeness (QED) is 0.176. The summed E-state index contributed by atoms with van der Waals surface area (Å²) in [5.74, 6) is 0.435. The third-order valence-electron chi connectivity index (χ3n) is 7.40. The summed E-state index contributed by atoms with van der Waals surface area (Å²) in [6, 6.07) is 9.25. The Bertz CT molecular complexity index is 1530. The van der Waals surface area contributed by atoms with Crippen LogP contribution in [0.1, 0.15) is 47.6 Å². The number of amides is 2. The Balaban J connectivity index is 1.76. The van der Waals surface area contributed by atoms with E-state index in [4.69, 9.17) is 18.6 Å². The zero-order valence-electron chi connectivity index (χ0n) is 25.0. The Morgan fingerprint density at radius 3 is 2.59 bits per heavy atom. The van der Waals surface area contributed by atoms with Crippen molar-refractivity contribution >= 4 is 51.7 Å². The van der Waals surface area contributed by atoms with Crippen molar-refractivity contribution in [2.24, 2.45) is 5.92 Å². The van der Waals surface area contributed by atoms with Crippen molar-refractivity contribution in [3.05, 3.63) is 62.9 Å². The van der Waals surface area contributed by atoms with Crippen LogP contribution in [0.4, 0.5) is 0 Å². The van der Waals surface area contributed by atoms with Crippen molar-refractivity contribution in [1.29, 1.82) is 0 Å². The fourth-order valence-corrected chi connectivity index (χ4v) is 5.85. The molecule has 1 aliphatic carbocycles. The molecule has 3 N–H and O–H groups in total. The van der Waals surface area contributed by atoms with Gasteiger partial charge in [-0.25, -0.2) is 0 Å². The number of ether oxygens (including phenoxy) is 3. The number of aldehydes is 1. The van der Waals surface area contributed by atoms with Gasteiger partial charge in [0.2, 0.25) is 5.91 Å². The van der Waals surface area contributed by atoms with Crippen molar-refractivity contribution < 1.29 is 43.2 Å². The van der Waals surface area contributed by atoms with Crippen LogP contribution in [0.3, 0.4) is 0 Å². The molecule has 11 nitrogen and oxygen atoms in total. The lowest BCUT2D eigenvalue weighted by molar-refractivity contribution is -0.118. The molecule has 0 saturated carbocycles. The van der Waals surface area contributed by atoms with Gasteiger partial charge in [-0.3, -0.25) is 14.4 Å². The SMILES string of the molecule is COc1cc(C=O)cc(I)c1OC1C=C(C(=O)NCCO)CC(N(CCC(C)C)C(=O)c2cc3cccc(OC)c3o2)C1O. The van der Waals surface area contributed by atoms with Gasteiger partial charge in [0.1, 0.15) is 18.5 Å². The molecule has 1 aliphatic rings. The van der Waals surface area contributed by atoms with Crippen molar-refractivity contribution in [2.75, 3.05) is 33.9 Å². The molecule has 3 atom stereocenters. The first-order valence-electron chi connectivity index (χ1n) is 14.3. The minimum Gasteiger partial charge on any atom is -0.493 e. The number of methoxy groups -OCH3 is 2. The summed E-state index contributed by atoms with van der Waals surface area (Å²) in [5.41, 5.74) is 1.09. The van der Waals surface area contributed by atoms with Crippen LogP contribution in [-0.4, -0.2) is 85.4 Å². The minimum absolute atomic E-state index is 0.0317. The molecular weight excluding hydrogens is 683 g/mol. The fraction of sp³-hybridized carbons (Fsp3) is 0.406. The highest BCUT2D eigenvalue weighted by molar-refractivity contribution is 14.1. The number of fused-ring (bicyclic) bond motifs is 1. The number of nitrogens with zero attached hydrogens (tertiary/aromatic N) is 1. The van der Waals surface area contributed by atoms with E-state index in [1.54, 1.807) is 24.3 Å². The Morgan fingerprint density at radius 2 is 1.93 bits per heavy atom. The van der Waals surface area contributed by atoms with Crippen LogP contribution in [0.5, 0.6) is 17.2 Å². The lowest BCUT2D eigenvalue weighted by Crippen LogP contribution is -2.55. The van der Waals surface area contributed by atoms with Crippen molar-refractivity contribution in [1.82, 2.24) is 10.2 Å². The summed E-state index contributed by atoms with van der Waals surface area (Å²) >= 11 is 2.01. The van der Waals surface area contributed by atoms with Crippen LogP contribution in [0, 0.1) is 9.49 Å². The monoisotopic (exact) mass is 720 g/mol. The zero-order chi connectivity index (χ0) is 32.0. The molecule has 12 heteroatoms. The zero-order valence-corrected chi connectivity index (χ0v) is 27.2. The van der Waals surface area contributed by atoms with Gasteiger partial charge in [-0.05, 0) is 65.3 Å². The summed E-state index contributed by atoms with van der Waals surface area (Å²) in [5, 5.41) is 24.4. The molecule has 236 valence electrons. The molecule has 3 aromatic rings. The lowest BCUT2D eigenvalue weighted by atomic mass is 9.87. The third-order valence-corrected chi connectivity index (χ3v) is 8.20. The lowest BCUT2D eigenvalue weighted by Gasteiger charge is -2.40. The molecule has 1 heterocycles. The molecule has 1 aromatic heterocycles. The van der Waals surface area contributed by atoms with Crippen LogP contribution < -0.4 is 19.5 Å². The molecule has 4 rings (SSSR count). The number of hydrogen-bond acceptors (Lipinski definition) is 9. The smallest absolute Gasteiger partial charge is 0.289 e. The van der Waals surface area contributed by atoms with Gasteiger partial charge in [-0.2, -0.15) is 0 Å². The van der Waals surface area contributed by atoms with Gasteiger partial charge in [0.05, 0.1) is 30.4 Å². The van der Waals surface area contributed by atoms with Crippen LogP contribution in [0.2, 0.25) is 0 Å². The molecule has 44 heavy (non-hydrogen) atoms. The molecule has 3 unspecified atom stereocenters. The molecule has 0 aliphatic heterocycles. The van der Waals surface area contributed by atoms with Gasteiger partial charge in [0.15, 0.2) is 28.6 Å². The molecule has 0 bridgehead atoms. The predicted molar refractivity (Wildman–Crippen MR) is 171 cm³/mol. The Morgan fingerprint density at radius 1 is 1.18 bits per heavy atom. The van der Waals surface area contributed by atoms with Crippen molar-refractivity contribution in [3.63, 3.8) is 0 Å². The molecule has 0 saturated heterocycles. The van der Waals surface area contributed by atoms with E-state index in [9.17, 15) is 24.6 Å². The van der Waals surface area contributed by atoms with E-state index in [0.29, 0.717) is 38.6 Å². The van der Waals surface area contributed by atoms with E-state index in [2.05, 4.69) is 5.32 Å². The number of halogens is 1. The van der Waals surface area contributed by atoms with Crippen LogP contribution in [-0.2, 0) is 4.79 Å². The standard InChI is InChI=1S/C32H37IN2O9/c1-18(2)8-10-35(32(40)27-15-20-6-5-7-24(41-3)29(20)44-27)23-14-21(31(39)34-9-11-36)16-25(28(23)38)43-30-22(33)12-19(17-37)13-26(30)42-4/h5-7,12-13,15-18,23,25,28,36,38H,8-11,14H2,1-4H3,(H,34,39). The second-order valence-electron chi connectivity index (χ2n) is 10.8. The third kappa shape index (κ3) is 7.36. The van der Waals surface area contributed by atoms with Gasteiger partial charge >= 0.3 is 0 Å². The van der Waals surface area contributed by atoms with Gasteiger partial charge in [0.25, 0.3) is 5.91 Å². The number of aliphatic hydroxyl groups excluding tert-OH is 2. The Labute approximate surface area is 269 Å². The second-order valence-corrected chi connectivity index (χ2v) is 12.0. The summed E-state index contributed by atoms with van der Waals surface area (Å²) in [6.45, 7) is 4.12. The normalized spacial score (nSPS) is 18.1. The summed E-state index contributed by atoms with van der Waals surface area (Å²) in [4.78, 5) is 40.3. The average Bonchev–Trinajstić information content (AvgIpc) is 3.46. The molecular formula is C32H37IN2O9. The van der Waals surface area contributed by atoms with E-state index < -0.39 is 30.1 Å². The van der Waals surface area contributed by atoms with Gasteiger partial charge in [-0.15, -0.1) is 0 Å². The molecule has 0 radical (unpaired) electrons. The second kappa shape index (κ2) is 14.9. The number of carbonyl (C=O) groups excluding carboxylic acids is 3. The molecule has 2 aromatic carbocycles. The highest BCUT2D eigenvalue weighted by Gasteiger charge is 2.41. The first-order chi connectivity index (χ1) is 21.1. The van der Waals surface area contributed by atoms with E-state index in [-0.39, 0.29) is 54.9 Å². The number of aliphatic hydroxyl groups is 2. The number of para-hydroxylation sites is 1. The Hall–Kier alpha value is -3.62. The highest BCUT2D eigenvalue weighted by atomic mass is 127. The molecule has 0 spiro atoms. The number of hydrogen-bond donors (Lipinski definition) is 3. The van der Waals surface area contributed by atoms with E-state index in [1.807, 2.05) is 42.5 Å². The number of furan rings is 1. The maximum atomic E-state index is 14.1. The molecule has 0 fully saturated rings. The summed E-state index contributed by atoms with van der Waals surface area (Å²) < 4.78 is 23.7. The van der Waals surface area contributed by atoms with Crippen molar-refractivity contribution in [2.45, 2.75) is 44.9 Å². The van der Waals surface area contributed by atoms with Crippen LogP contribution in [0.15, 0.2) is 52.5 Å². The average molecular weight is 721 g/mol.